The number of carbonyl (C=O) groups is 1. The van der Waals surface area contributed by atoms with Crippen LogP contribution < -0.4 is 5.32 Å². The number of aliphatic hydroxyl groups excluding tert-OH is 1. The first-order valence-corrected chi connectivity index (χ1v) is 6.82. The second kappa shape index (κ2) is 7.58. The number of aliphatic hydroxyl groups is 1. The highest BCUT2D eigenvalue weighted by Crippen LogP contribution is 2.16. The summed E-state index contributed by atoms with van der Waals surface area (Å²) >= 11 is 7.28. The molecular weight excluding hydrogens is 258 g/mol. The molecule has 0 heterocycles. The monoisotopic (exact) mass is 273 g/mol. The van der Waals surface area contributed by atoms with Crippen molar-refractivity contribution < 1.29 is 9.90 Å². The number of hydrogen-bond acceptors (Lipinski definition) is 3. The smallest absolute Gasteiger partial charge is 0.234 e. The number of rotatable bonds is 6. The molecule has 2 N–H and O–H groups in total. The number of benzene rings is 1. The van der Waals surface area contributed by atoms with Crippen molar-refractivity contribution in [3.63, 3.8) is 0 Å². The van der Waals surface area contributed by atoms with Crippen LogP contribution in [0.4, 0.5) is 5.69 Å². The Balaban J connectivity index is 2.32. The van der Waals surface area contributed by atoms with Gasteiger partial charge in [-0.1, -0.05) is 18.5 Å². The zero-order valence-corrected chi connectivity index (χ0v) is 11.2. The molecule has 1 rings (SSSR count). The second-order valence-electron chi connectivity index (χ2n) is 3.69. The molecule has 1 amide bonds. The number of amides is 1. The van der Waals surface area contributed by atoms with Crippen molar-refractivity contribution in [1.82, 2.24) is 0 Å². The summed E-state index contributed by atoms with van der Waals surface area (Å²) in [4.78, 5) is 11.6. The van der Waals surface area contributed by atoms with Gasteiger partial charge < -0.3 is 10.4 Å². The summed E-state index contributed by atoms with van der Waals surface area (Å²) in [6, 6.07) is 7.00. The third-order valence-corrected chi connectivity index (χ3v) is 3.65. The Kier molecular flexibility index (Phi) is 6.40. The highest BCUT2D eigenvalue weighted by atomic mass is 35.5. The van der Waals surface area contributed by atoms with E-state index in [2.05, 4.69) is 5.32 Å². The van der Waals surface area contributed by atoms with Crippen molar-refractivity contribution in [2.24, 2.45) is 0 Å². The van der Waals surface area contributed by atoms with E-state index < -0.39 is 0 Å². The van der Waals surface area contributed by atoms with Crippen molar-refractivity contribution in [2.45, 2.75) is 18.6 Å². The zero-order valence-electron chi connectivity index (χ0n) is 9.65. The molecule has 5 heteroatoms. The number of nitrogens with one attached hydrogen (secondary N) is 1. The topological polar surface area (TPSA) is 49.3 Å². The second-order valence-corrected chi connectivity index (χ2v) is 5.55. The predicted octanol–water partition coefficient (Wildman–Crippen LogP) is 2.78. The molecular formula is C12H16ClNO2S. The maximum atomic E-state index is 11.6. The van der Waals surface area contributed by atoms with E-state index in [1.165, 1.54) is 11.8 Å². The lowest BCUT2D eigenvalue weighted by molar-refractivity contribution is -0.113. The number of carbonyl (C=O) groups excluding carboxylic acids is 1. The van der Waals surface area contributed by atoms with Gasteiger partial charge in [-0.25, -0.2) is 0 Å². The predicted molar refractivity (Wildman–Crippen MR) is 73.7 cm³/mol. The molecule has 0 aliphatic rings. The van der Waals surface area contributed by atoms with Gasteiger partial charge >= 0.3 is 0 Å². The third-order valence-electron chi connectivity index (χ3n) is 2.16. The molecule has 1 aromatic carbocycles. The minimum absolute atomic E-state index is 0.0397. The average molecular weight is 274 g/mol. The Morgan fingerprint density at radius 2 is 2.12 bits per heavy atom. The number of halogens is 1. The zero-order chi connectivity index (χ0) is 12.7. The lowest BCUT2D eigenvalue weighted by Gasteiger charge is -2.09. The molecule has 0 bridgehead atoms. The highest BCUT2D eigenvalue weighted by molar-refractivity contribution is 8.00. The largest absolute Gasteiger partial charge is 0.396 e. The van der Waals surface area contributed by atoms with E-state index in [0.717, 1.165) is 5.69 Å². The molecule has 0 saturated carbocycles. The summed E-state index contributed by atoms with van der Waals surface area (Å²) in [5.41, 5.74) is 0.745. The van der Waals surface area contributed by atoms with Crippen LogP contribution in [-0.4, -0.2) is 28.6 Å². The van der Waals surface area contributed by atoms with Gasteiger partial charge in [0.05, 0.1) is 5.75 Å². The molecule has 1 aromatic rings. The van der Waals surface area contributed by atoms with Gasteiger partial charge in [0.2, 0.25) is 5.91 Å². The summed E-state index contributed by atoms with van der Waals surface area (Å²) in [7, 11) is 0. The Morgan fingerprint density at radius 3 is 2.71 bits per heavy atom. The Bertz CT molecular complexity index is 356. The van der Waals surface area contributed by atoms with E-state index in [4.69, 9.17) is 16.7 Å². The van der Waals surface area contributed by atoms with Crippen LogP contribution in [0.3, 0.4) is 0 Å². The fraction of sp³-hybridized carbons (Fsp3) is 0.417. The maximum absolute atomic E-state index is 11.6. The van der Waals surface area contributed by atoms with Crippen LogP contribution in [-0.2, 0) is 4.79 Å². The number of thioether (sulfide) groups is 1. The van der Waals surface area contributed by atoms with Crippen molar-refractivity contribution in [3.05, 3.63) is 29.3 Å². The van der Waals surface area contributed by atoms with Crippen LogP contribution in [0.5, 0.6) is 0 Å². The third kappa shape index (κ3) is 5.96. The van der Waals surface area contributed by atoms with Crippen molar-refractivity contribution in [2.75, 3.05) is 17.7 Å². The minimum atomic E-state index is -0.0397. The van der Waals surface area contributed by atoms with Crippen LogP contribution in [0.25, 0.3) is 0 Å². The molecule has 3 nitrogen and oxygen atoms in total. The summed E-state index contributed by atoms with van der Waals surface area (Å²) in [6.07, 6.45) is 0.707. The number of hydrogen-bond donors (Lipinski definition) is 2. The van der Waals surface area contributed by atoms with E-state index in [-0.39, 0.29) is 17.8 Å². The van der Waals surface area contributed by atoms with Gasteiger partial charge in [-0.15, -0.1) is 11.8 Å². The standard InChI is InChI=1S/C12H16ClNO2S/c1-9(6-7-15)17-8-12(16)14-11-4-2-10(13)3-5-11/h2-5,9,15H,6-8H2,1H3,(H,14,16). The Morgan fingerprint density at radius 1 is 1.47 bits per heavy atom. The van der Waals surface area contributed by atoms with Gasteiger partial charge in [0.25, 0.3) is 0 Å². The maximum Gasteiger partial charge on any atom is 0.234 e. The molecule has 17 heavy (non-hydrogen) atoms. The first kappa shape index (κ1) is 14.4. The van der Waals surface area contributed by atoms with Gasteiger partial charge in [0.15, 0.2) is 0 Å². The molecule has 0 aliphatic carbocycles. The summed E-state index contributed by atoms with van der Waals surface area (Å²) in [6.45, 7) is 2.16. The lowest BCUT2D eigenvalue weighted by Crippen LogP contribution is -2.16. The van der Waals surface area contributed by atoms with Crippen molar-refractivity contribution in [1.29, 1.82) is 0 Å². The molecule has 0 fully saturated rings. The van der Waals surface area contributed by atoms with Crippen LogP contribution in [0.1, 0.15) is 13.3 Å². The minimum Gasteiger partial charge on any atom is -0.396 e. The SMILES string of the molecule is CC(CCO)SCC(=O)Nc1ccc(Cl)cc1. The van der Waals surface area contributed by atoms with Crippen LogP contribution in [0, 0.1) is 0 Å². The van der Waals surface area contributed by atoms with E-state index in [1.54, 1.807) is 24.3 Å². The molecule has 0 saturated heterocycles. The molecule has 94 valence electrons. The van der Waals surface area contributed by atoms with Gasteiger partial charge in [-0.2, -0.15) is 0 Å². The molecule has 0 aliphatic heterocycles. The summed E-state index contributed by atoms with van der Waals surface area (Å²) in [5, 5.41) is 12.5. The molecule has 0 aromatic heterocycles. The Labute approximate surface area is 111 Å². The quantitative estimate of drug-likeness (QED) is 0.838. The average Bonchev–Trinajstić information content (AvgIpc) is 2.30. The molecule has 1 atom stereocenters. The summed E-state index contributed by atoms with van der Waals surface area (Å²) < 4.78 is 0. The lowest BCUT2D eigenvalue weighted by atomic mass is 10.3. The van der Waals surface area contributed by atoms with Crippen molar-refractivity contribution in [3.8, 4) is 0 Å². The van der Waals surface area contributed by atoms with E-state index in [1.807, 2.05) is 6.92 Å². The van der Waals surface area contributed by atoms with Crippen LogP contribution in [0.15, 0.2) is 24.3 Å². The summed E-state index contributed by atoms with van der Waals surface area (Å²) in [5.74, 6) is 0.353. The van der Waals surface area contributed by atoms with Gasteiger partial charge in [0, 0.05) is 22.6 Å². The molecule has 0 radical (unpaired) electrons. The van der Waals surface area contributed by atoms with Gasteiger partial charge in [-0.3, -0.25) is 4.79 Å². The molecule has 1 unspecified atom stereocenters. The highest BCUT2D eigenvalue weighted by Gasteiger charge is 2.07. The van der Waals surface area contributed by atoms with Crippen LogP contribution in [0.2, 0.25) is 5.02 Å². The van der Waals surface area contributed by atoms with E-state index in [9.17, 15) is 4.79 Å². The Hall–Kier alpha value is -0.710. The van der Waals surface area contributed by atoms with Gasteiger partial charge in [0.1, 0.15) is 0 Å². The first-order chi connectivity index (χ1) is 8.11. The fourth-order valence-corrected chi connectivity index (χ4v) is 2.12. The van der Waals surface area contributed by atoms with Crippen molar-refractivity contribution >= 4 is 35.0 Å². The normalized spacial score (nSPS) is 12.2. The fourth-order valence-electron chi connectivity index (χ4n) is 1.21. The van der Waals surface area contributed by atoms with E-state index in [0.29, 0.717) is 17.2 Å². The van der Waals surface area contributed by atoms with E-state index >= 15 is 0 Å². The van der Waals surface area contributed by atoms with Gasteiger partial charge in [-0.05, 0) is 30.7 Å². The number of anilines is 1. The first-order valence-electron chi connectivity index (χ1n) is 5.39. The van der Waals surface area contributed by atoms with Crippen LogP contribution >= 0.6 is 23.4 Å². The molecule has 0 spiro atoms.